The average molecular weight is 219 g/mol. The number of amides is 2. The lowest BCUT2D eigenvalue weighted by molar-refractivity contribution is 0.0511. The number of carbonyl (C=O) groups excluding carboxylic acids is 2. The first-order valence-corrected chi connectivity index (χ1v) is 5.28. The van der Waals surface area contributed by atoms with Crippen LogP contribution in [0.1, 0.15) is 34.1 Å². The Hall–Kier alpha value is -1.68. The Bertz CT molecular complexity index is 403. The summed E-state index contributed by atoms with van der Waals surface area (Å²) in [4.78, 5) is 25.1. The van der Waals surface area contributed by atoms with Crippen molar-refractivity contribution in [2.45, 2.75) is 19.4 Å². The van der Waals surface area contributed by atoms with Gasteiger partial charge in [0.25, 0.3) is 11.8 Å². The summed E-state index contributed by atoms with van der Waals surface area (Å²) in [7, 11) is 0. The molecule has 0 bridgehead atoms. The lowest BCUT2D eigenvalue weighted by atomic mass is 10.1. The van der Waals surface area contributed by atoms with Gasteiger partial charge in [0.2, 0.25) is 0 Å². The molecule has 1 aliphatic heterocycles. The zero-order valence-corrected chi connectivity index (χ0v) is 9.01. The Morgan fingerprint density at radius 1 is 1.19 bits per heavy atom. The number of fused-ring (bicyclic) bond motifs is 1. The van der Waals surface area contributed by atoms with Crippen molar-refractivity contribution >= 4 is 11.8 Å². The number of rotatable bonds is 3. The van der Waals surface area contributed by atoms with Crippen LogP contribution in [0.3, 0.4) is 0 Å². The smallest absolute Gasteiger partial charge is 0.261 e. The molecule has 0 aromatic heterocycles. The van der Waals surface area contributed by atoms with Crippen molar-refractivity contribution < 1.29 is 14.7 Å². The van der Waals surface area contributed by atoms with E-state index in [9.17, 15) is 9.59 Å². The van der Waals surface area contributed by atoms with Crippen LogP contribution < -0.4 is 0 Å². The fourth-order valence-electron chi connectivity index (χ4n) is 1.93. The Balaban J connectivity index is 2.42. The fourth-order valence-corrected chi connectivity index (χ4v) is 1.93. The van der Waals surface area contributed by atoms with Crippen LogP contribution in [0.15, 0.2) is 24.3 Å². The third-order valence-corrected chi connectivity index (χ3v) is 2.87. The summed E-state index contributed by atoms with van der Waals surface area (Å²) in [6.45, 7) is 1.65. The second-order valence-electron chi connectivity index (χ2n) is 3.77. The van der Waals surface area contributed by atoms with Gasteiger partial charge in [0.15, 0.2) is 0 Å². The van der Waals surface area contributed by atoms with Crippen LogP contribution in [0.25, 0.3) is 0 Å². The van der Waals surface area contributed by atoms with E-state index in [-0.39, 0.29) is 18.4 Å². The van der Waals surface area contributed by atoms with Crippen molar-refractivity contribution in [2.24, 2.45) is 0 Å². The summed E-state index contributed by atoms with van der Waals surface area (Å²) in [6, 6.07) is 6.31. The SMILES string of the molecule is CC[C@H](CO)N1C(=O)c2ccccc2C1=O. The van der Waals surface area contributed by atoms with Gasteiger partial charge in [-0.3, -0.25) is 14.5 Å². The summed E-state index contributed by atoms with van der Waals surface area (Å²) < 4.78 is 0. The van der Waals surface area contributed by atoms with Crippen LogP contribution in [0.2, 0.25) is 0 Å². The molecule has 4 heteroatoms. The molecule has 2 amide bonds. The lowest BCUT2D eigenvalue weighted by Gasteiger charge is -2.22. The van der Waals surface area contributed by atoms with Gasteiger partial charge in [-0.15, -0.1) is 0 Å². The van der Waals surface area contributed by atoms with Gasteiger partial charge < -0.3 is 5.11 Å². The first-order chi connectivity index (χ1) is 7.70. The molecule has 1 N–H and O–H groups in total. The van der Waals surface area contributed by atoms with Gasteiger partial charge in [-0.25, -0.2) is 0 Å². The zero-order valence-electron chi connectivity index (χ0n) is 9.01. The topological polar surface area (TPSA) is 57.6 Å². The first kappa shape index (κ1) is 10.8. The predicted molar refractivity (Wildman–Crippen MR) is 58.1 cm³/mol. The number of imide groups is 1. The van der Waals surface area contributed by atoms with Crippen LogP contribution in [-0.4, -0.2) is 34.5 Å². The molecule has 2 rings (SSSR count). The monoisotopic (exact) mass is 219 g/mol. The Morgan fingerprint density at radius 2 is 1.69 bits per heavy atom. The molecule has 1 heterocycles. The highest BCUT2D eigenvalue weighted by molar-refractivity contribution is 6.21. The van der Waals surface area contributed by atoms with E-state index in [1.165, 1.54) is 0 Å². The summed E-state index contributed by atoms with van der Waals surface area (Å²) >= 11 is 0. The van der Waals surface area contributed by atoms with Gasteiger partial charge in [0.05, 0.1) is 23.8 Å². The summed E-state index contributed by atoms with van der Waals surface area (Å²) in [5, 5.41) is 9.15. The summed E-state index contributed by atoms with van der Waals surface area (Å²) in [6.07, 6.45) is 0.558. The maximum absolute atomic E-state index is 12.0. The highest BCUT2D eigenvalue weighted by Gasteiger charge is 2.38. The number of aliphatic hydroxyl groups is 1. The van der Waals surface area contributed by atoms with E-state index in [0.29, 0.717) is 17.5 Å². The van der Waals surface area contributed by atoms with E-state index < -0.39 is 6.04 Å². The van der Waals surface area contributed by atoms with Gasteiger partial charge in [-0.1, -0.05) is 19.1 Å². The van der Waals surface area contributed by atoms with Crippen molar-refractivity contribution in [1.82, 2.24) is 4.90 Å². The van der Waals surface area contributed by atoms with Crippen LogP contribution >= 0.6 is 0 Å². The van der Waals surface area contributed by atoms with Gasteiger partial charge in [0, 0.05) is 0 Å². The Kier molecular flexibility index (Phi) is 2.75. The molecule has 1 aliphatic rings. The standard InChI is InChI=1S/C12H13NO3/c1-2-8(7-14)13-11(15)9-5-3-4-6-10(9)12(13)16/h3-6,8,14H,2,7H2,1H3/t8-/m1/s1. The number of hydrogen-bond acceptors (Lipinski definition) is 3. The van der Waals surface area contributed by atoms with Gasteiger partial charge >= 0.3 is 0 Å². The third kappa shape index (κ3) is 1.42. The summed E-state index contributed by atoms with van der Waals surface area (Å²) in [5.74, 6) is -0.608. The van der Waals surface area contributed by atoms with Crippen molar-refractivity contribution in [3.8, 4) is 0 Å². The third-order valence-electron chi connectivity index (χ3n) is 2.87. The van der Waals surface area contributed by atoms with Crippen LogP contribution in [-0.2, 0) is 0 Å². The molecule has 4 nitrogen and oxygen atoms in total. The Labute approximate surface area is 93.5 Å². The van der Waals surface area contributed by atoms with Crippen LogP contribution in [0.4, 0.5) is 0 Å². The maximum Gasteiger partial charge on any atom is 0.261 e. The van der Waals surface area contributed by atoms with Gasteiger partial charge in [-0.2, -0.15) is 0 Å². The van der Waals surface area contributed by atoms with E-state index in [1.807, 2.05) is 6.92 Å². The Morgan fingerprint density at radius 3 is 2.06 bits per heavy atom. The number of carbonyl (C=O) groups is 2. The molecule has 1 atom stereocenters. The molecule has 84 valence electrons. The molecular weight excluding hydrogens is 206 g/mol. The second kappa shape index (κ2) is 4.06. The van der Waals surface area contributed by atoms with E-state index in [0.717, 1.165) is 4.90 Å². The highest BCUT2D eigenvalue weighted by Crippen LogP contribution is 2.25. The molecule has 0 spiro atoms. The second-order valence-corrected chi connectivity index (χ2v) is 3.77. The molecule has 0 unspecified atom stereocenters. The normalized spacial score (nSPS) is 16.5. The minimum absolute atomic E-state index is 0.192. The maximum atomic E-state index is 12.0. The first-order valence-electron chi connectivity index (χ1n) is 5.28. The van der Waals surface area contributed by atoms with Crippen molar-refractivity contribution in [3.63, 3.8) is 0 Å². The van der Waals surface area contributed by atoms with Crippen molar-refractivity contribution in [2.75, 3.05) is 6.61 Å². The van der Waals surface area contributed by atoms with E-state index in [4.69, 9.17) is 5.11 Å². The minimum atomic E-state index is -0.424. The quantitative estimate of drug-likeness (QED) is 0.773. The molecule has 16 heavy (non-hydrogen) atoms. The van der Waals surface area contributed by atoms with Crippen molar-refractivity contribution in [3.05, 3.63) is 35.4 Å². The molecule has 0 fully saturated rings. The average Bonchev–Trinajstić information content (AvgIpc) is 2.57. The molecule has 0 saturated heterocycles. The largest absolute Gasteiger partial charge is 0.394 e. The minimum Gasteiger partial charge on any atom is -0.394 e. The van der Waals surface area contributed by atoms with E-state index in [2.05, 4.69) is 0 Å². The fraction of sp³-hybridized carbons (Fsp3) is 0.333. The lowest BCUT2D eigenvalue weighted by Crippen LogP contribution is -2.41. The number of aliphatic hydroxyl groups excluding tert-OH is 1. The van der Waals surface area contributed by atoms with Crippen molar-refractivity contribution in [1.29, 1.82) is 0 Å². The van der Waals surface area contributed by atoms with Crippen LogP contribution in [0.5, 0.6) is 0 Å². The molecule has 0 aliphatic carbocycles. The number of nitrogens with zero attached hydrogens (tertiary/aromatic N) is 1. The van der Waals surface area contributed by atoms with E-state index >= 15 is 0 Å². The van der Waals surface area contributed by atoms with E-state index in [1.54, 1.807) is 24.3 Å². The molecule has 0 saturated carbocycles. The van der Waals surface area contributed by atoms with Gasteiger partial charge in [-0.05, 0) is 18.6 Å². The highest BCUT2D eigenvalue weighted by atomic mass is 16.3. The predicted octanol–water partition coefficient (Wildman–Crippen LogP) is 1.05. The molecular formula is C12H13NO3. The number of benzene rings is 1. The molecule has 1 aromatic rings. The van der Waals surface area contributed by atoms with Gasteiger partial charge in [0.1, 0.15) is 0 Å². The van der Waals surface area contributed by atoms with Crippen LogP contribution in [0, 0.1) is 0 Å². The zero-order chi connectivity index (χ0) is 11.7. The number of hydrogen-bond donors (Lipinski definition) is 1. The molecule has 0 radical (unpaired) electrons. The molecule has 1 aromatic carbocycles. The summed E-state index contributed by atoms with van der Waals surface area (Å²) in [5.41, 5.74) is 0.860.